The summed E-state index contributed by atoms with van der Waals surface area (Å²) in [7, 11) is 1.78. The normalized spacial score (nSPS) is 16.1. The molecular weight excluding hydrogens is 328 g/mol. The second-order valence-electron chi connectivity index (χ2n) is 7.14. The van der Waals surface area contributed by atoms with E-state index in [1.165, 1.54) is 0 Å². The van der Waals surface area contributed by atoms with Gasteiger partial charge in [0.15, 0.2) is 5.82 Å². The average Bonchev–Trinajstić information content (AvgIpc) is 2.68. The number of carbonyl (C=O) groups excluding carboxylic acids is 1. The van der Waals surface area contributed by atoms with Gasteiger partial charge in [-0.05, 0) is 18.6 Å². The van der Waals surface area contributed by atoms with Crippen LogP contribution in [0.1, 0.15) is 33.1 Å². The molecule has 1 aromatic carbocycles. The van der Waals surface area contributed by atoms with E-state index in [2.05, 4.69) is 11.9 Å². The van der Waals surface area contributed by atoms with Gasteiger partial charge in [-0.1, -0.05) is 38.8 Å². The lowest BCUT2D eigenvalue weighted by molar-refractivity contribution is -0.135. The quantitative estimate of drug-likeness (QED) is 0.825. The Balaban J connectivity index is 1.72. The smallest absolute Gasteiger partial charge is 0.293 e. The van der Waals surface area contributed by atoms with E-state index in [9.17, 15) is 9.59 Å². The predicted octanol–water partition coefficient (Wildman–Crippen LogP) is 2.41. The van der Waals surface area contributed by atoms with E-state index in [1.54, 1.807) is 11.6 Å². The van der Waals surface area contributed by atoms with Crippen LogP contribution < -0.4 is 10.5 Å². The number of fused-ring (bicyclic) bond motifs is 1. The maximum Gasteiger partial charge on any atom is 0.293 e. The molecular formula is C20H28N4O2. The van der Waals surface area contributed by atoms with Gasteiger partial charge in [0.05, 0.1) is 11.0 Å². The highest BCUT2D eigenvalue weighted by atomic mass is 16.2. The Bertz CT molecular complexity index is 837. The molecule has 26 heavy (non-hydrogen) atoms. The minimum absolute atomic E-state index is 0.0770. The molecule has 2 heterocycles. The fourth-order valence-electron chi connectivity index (χ4n) is 3.55. The van der Waals surface area contributed by atoms with Crippen molar-refractivity contribution in [2.45, 2.75) is 33.1 Å². The summed E-state index contributed by atoms with van der Waals surface area (Å²) in [6.45, 7) is 6.75. The molecule has 0 aliphatic carbocycles. The summed E-state index contributed by atoms with van der Waals surface area (Å²) in [5, 5.41) is 0. The zero-order chi connectivity index (χ0) is 18.7. The molecule has 1 aliphatic rings. The second kappa shape index (κ2) is 7.89. The third-order valence-corrected chi connectivity index (χ3v) is 5.27. The molecule has 6 nitrogen and oxygen atoms in total. The van der Waals surface area contributed by atoms with Crippen molar-refractivity contribution in [3.8, 4) is 0 Å². The van der Waals surface area contributed by atoms with E-state index in [-0.39, 0.29) is 17.4 Å². The number of anilines is 1. The molecule has 0 N–H and O–H groups in total. The van der Waals surface area contributed by atoms with Gasteiger partial charge in [-0.2, -0.15) is 0 Å². The summed E-state index contributed by atoms with van der Waals surface area (Å²) in [4.78, 5) is 33.8. The lowest BCUT2D eigenvalue weighted by Gasteiger charge is -2.36. The van der Waals surface area contributed by atoms with Crippen molar-refractivity contribution in [1.82, 2.24) is 14.5 Å². The first-order valence-corrected chi connectivity index (χ1v) is 9.52. The van der Waals surface area contributed by atoms with Crippen molar-refractivity contribution in [3.63, 3.8) is 0 Å². The van der Waals surface area contributed by atoms with E-state index >= 15 is 0 Å². The van der Waals surface area contributed by atoms with Crippen LogP contribution in [-0.2, 0) is 11.8 Å². The highest BCUT2D eigenvalue weighted by molar-refractivity contribution is 5.79. The summed E-state index contributed by atoms with van der Waals surface area (Å²) >= 11 is 0. The number of benzene rings is 1. The van der Waals surface area contributed by atoms with Crippen molar-refractivity contribution in [3.05, 3.63) is 34.6 Å². The van der Waals surface area contributed by atoms with Gasteiger partial charge >= 0.3 is 0 Å². The van der Waals surface area contributed by atoms with E-state index < -0.39 is 0 Å². The summed E-state index contributed by atoms with van der Waals surface area (Å²) in [5.74, 6) is 0.794. The molecule has 1 aromatic heterocycles. The number of carbonyl (C=O) groups is 1. The fraction of sp³-hybridized carbons (Fsp3) is 0.550. The Kier molecular flexibility index (Phi) is 5.59. The van der Waals surface area contributed by atoms with Gasteiger partial charge in [0.1, 0.15) is 0 Å². The highest BCUT2D eigenvalue weighted by Crippen LogP contribution is 2.17. The number of aromatic nitrogens is 2. The molecule has 0 bridgehead atoms. The Morgan fingerprint density at radius 1 is 1.19 bits per heavy atom. The van der Waals surface area contributed by atoms with Crippen molar-refractivity contribution in [2.75, 3.05) is 31.1 Å². The Morgan fingerprint density at radius 3 is 2.58 bits per heavy atom. The molecule has 0 radical (unpaired) electrons. The molecule has 1 saturated heterocycles. The van der Waals surface area contributed by atoms with Crippen molar-refractivity contribution < 1.29 is 4.79 Å². The van der Waals surface area contributed by atoms with Crippen LogP contribution >= 0.6 is 0 Å². The molecule has 6 heteroatoms. The van der Waals surface area contributed by atoms with Gasteiger partial charge in [-0.25, -0.2) is 4.98 Å². The van der Waals surface area contributed by atoms with E-state index in [4.69, 9.17) is 0 Å². The van der Waals surface area contributed by atoms with Crippen LogP contribution in [0.4, 0.5) is 5.82 Å². The minimum Gasteiger partial charge on any atom is -0.348 e. The number of piperazine rings is 1. The monoisotopic (exact) mass is 356 g/mol. The molecule has 1 aliphatic heterocycles. The average molecular weight is 356 g/mol. The van der Waals surface area contributed by atoms with Crippen LogP contribution in [0, 0.1) is 5.92 Å². The van der Waals surface area contributed by atoms with Gasteiger partial charge in [-0.3, -0.25) is 9.59 Å². The maximum atomic E-state index is 12.7. The zero-order valence-electron chi connectivity index (χ0n) is 15.9. The summed E-state index contributed by atoms with van der Waals surface area (Å²) in [6.07, 6.45) is 3.15. The number of aryl methyl sites for hydroxylation is 1. The lowest BCUT2D eigenvalue weighted by Crippen LogP contribution is -2.51. The van der Waals surface area contributed by atoms with Gasteiger partial charge in [0.2, 0.25) is 5.91 Å². The topological polar surface area (TPSA) is 58.4 Å². The summed E-state index contributed by atoms with van der Waals surface area (Å²) in [6, 6.07) is 7.67. The first-order valence-electron chi connectivity index (χ1n) is 9.52. The highest BCUT2D eigenvalue weighted by Gasteiger charge is 2.26. The molecule has 2 aromatic rings. The number of hydrogen-bond acceptors (Lipinski definition) is 4. The first-order chi connectivity index (χ1) is 12.5. The van der Waals surface area contributed by atoms with E-state index in [0.717, 1.165) is 30.3 Å². The maximum absolute atomic E-state index is 12.7. The van der Waals surface area contributed by atoms with Crippen LogP contribution in [-0.4, -0.2) is 46.5 Å². The molecule has 1 fully saturated rings. The molecule has 0 spiro atoms. The molecule has 3 rings (SSSR count). The summed E-state index contributed by atoms with van der Waals surface area (Å²) < 4.78 is 1.65. The Hall–Kier alpha value is -2.37. The third-order valence-electron chi connectivity index (χ3n) is 5.27. The molecule has 1 atom stereocenters. The van der Waals surface area contributed by atoms with Crippen LogP contribution in [0.5, 0.6) is 0 Å². The lowest BCUT2D eigenvalue weighted by atomic mass is 10.0. The van der Waals surface area contributed by atoms with Gasteiger partial charge in [-0.15, -0.1) is 0 Å². The first kappa shape index (κ1) is 18.4. The van der Waals surface area contributed by atoms with E-state index in [0.29, 0.717) is 32.0 Å². The molecule has 0 unspecified atom stereocenters. The Labute approximate surface area is 154 Å². The number of nitrogens with zero attached hydrogens (tertiary/aromatic N) is 4. The predicted molar refractivity (Wildman–Crippen MR) is 104 cm³/mol. The Morgan fingerprint density at radius 2 is 1.88 bits per heavy atom. The fourth-order valence-corrected chi connectivity index (χ4v) is 3.55. The number of unbranched alkanes of at least 4 members (excludes halogenated alkanes) is 1. The van der Waals surface area contributed by atoms with Gasteiger partial charge < -0.3 is 14.4 Å². The largest absolute Gasteiger partial charge is 0.348 e. The standard InChI is InChI=1S/C20H28N4O2/c1-4-5-8-15(2)19(25)24-13-11-23(12-14-24)18-20(26)22(3)17-10-7-6-9-16(17)21-18/h6-7,9-10,15H,4-5,8,11-14H2,1-3H3/t15-/m0/s1. The van der Waals surface area contributed by atoms with Gasteiger partial charge in [0.25, 0.3) is 5.56 Å². The van der Waals surface area contributed by atoms with Crippen LogP contribution in [0.2, 0.25) is 0 Å². The number of rotatable bonds is 5. The van der Waals surface area contributed by atoms with Crippen LogP contribution in [0.25, 0.3) is 11.0 Å². The van der Waals surface area contributed by atoms with Gasteiger partial charge in [0, 0.05) is 39.1 Å². The number of amides is 1. The van der Waals surface area contributed by atoms with Crippen LogP contribution in [0.3, 0.4) is 0 Å². The molecule has 1 amide bonds. The van der Waals surface area contributed by atoms with E-state index in [1.807, 2.05) is 41.0 Å². The number of hydrogen-bond donors (Lipinski definition) is 0. The summed E-state index contributed by atoms with van der Waals surface area (Å²) in [5.41, 5.74) is 1.57. The number of para-hydroxylation sites is 2. The second-order valence-corrected chi connectivity index (χ2v) is 7.14. The van der Waals surface area contributed by atoms with Crippen molar-refractivity contribution in [1.29, 1.82) is 0 Å². The van der Waals surface area contributed by atoms with Crippen molar-refractivity contribution >= 4 is 22.8 Å². The molecule has 140 valence electrons. The molecule has 0 saturated carbocycles. The van der Waals surface area contributed by atoms with Crippen LogP contribution in [0.15, 0.2) is 29.1 Å². The zero-order valence-corrected chi connectivity index (χ0v) is 15.9. The SMILES string of the molecule is CCCC[C@H](C)C(=O)N1CCN(c2nc3ccccc3n(C)c2=O)CC1. The minimum atomic E-state index is -0.0835. The van der Waals surface area contributed by atoms with Crippen molar-refractivity contribution in [2.24, 2.45) is 13.0 Å². The third kappa shape index (κ3) is 3.59.